The fourth-order valence-electron chi connectivity index (χ4n) is 3.30. The molecule has 1 aromatic heterocycles. The summed E-state index contributed by atoms with van der Waals surface area (Å²) in [5.74, 6) is 0. The van der Waals surface area contributed by atoms with Crippen molar-refractivity contribution < 1.29 is 0 Å². The normalized spacial score (nSPS) is 16.2. The van der Waals surface area contributed by atoms with Crippen LogP contribution in [0.2, 0.25) is 0 Å². The highest BCUT2D eigenvalue weighted by atomic mass is 15.1. The number of rotatable bonds is 4. The van der Waals surface area contributed by atoms with E-state index in [1.807, 2.05) is 26.1 Å². The van der Waals surface area contributed by atoms with Crippen molar-refractivity contribution in [3.05, 3.63) is 33.8 Å². The average Bonchev–Trinajstić information content (AvgIpc) is 3.08. The molecule has 1 aliphatic carbocycles. The number of aliphatic imine (C=N–C) groups is 1. The fourth-order valence-corrected chi connectivity index (χ4v) is 3.30. The molecular weight excluding hydrogens is 282 g/mol. The molecule has 0 aromatic carbocycles. The van der Waals surface area contributed by atoms with Gasteiger partial charge in [-0.25, -0.2) is 0 Å². The van der Waals surface area contributed by atoms with Gasteiger partial charge in [-0.05, 0) is 39.0 Å². The Morgan fingerprint density at radius 3 is 2.35 bits per heavy atom. The Hall–Kier alpha value is -1.90. The van der Waals surface area contributed by atoms with Crippen LogP contribution in [0.4, 0.5) is 0 Å². The monoisotopic (exact) mass is 313 g/mol. The van der Waals surface area contributed by atoms with Crippen LogP contribution >= 0.6 is 0 Å². The first-order valence-corrected chi connectivity index (χ1v) is 8.68. The molecule has 3 heteroatoms. The maximum Gasteiger partial charge on any atom is 0.137 e. The molecule has 0 unspecified atom stereocenters. The lowest BCUT2D eigenvalue weighted by Gasteiger charge is -2.20. The number of pyridine rings is 1. The van der Waals surface area contributed by atoms with Gasteiger partial charge in [-0.3, -0.25) is 9.98 Å². The van der Waals surface area contributed by atoms with Crippen molar-refractivity contribution in [2.24, 2.45) is 9.98 Å². The predicted molar refractivity (Wildman–Crippen MR) is 103 cm³/mol. The molecule has 126 valence electrons. The molecule has 0 atom stereocenters. The first-order chi connectivity index (χ1) is 11.2. The van der Waals surface area contributed by atoms with Gasteiger partial charge >= 0.3 is 0 Å². The summed E-state index contributed by atoms with van der Waals surface area (Å²) in [6.07, 6.45) is 8.64. The van der Waals surface area contributed by atoms with E-state index in [0.29, 0.717) is 6.04 Å². The van der Waals surface area contributed by atoms with Crippen LogP contribution in [0, 0.1) is 6.92 Å². The summed E-state index contributed by atoms with van der Waals surface area (Å²) >= 11 is 0. The van der Waals surface area contributed by atoms with E-state index in [-0.39, 0.29) is 0 Å². The Morgan fingerprint density at radius 2 is 1.87 bits per heavy atom. The minimum Gasteiger partial charge on any atom is -0.323 e. The predicted octanol–water partition coefficient (Wildman–Crippen LogP) is 3.35. The summed E-state index contributed by atoms with van der Waals surface area (Å²) in [6.45, 7) is 20.8. The third-order valence-corrected chi connectivity index (χ3v) is 4.30. The van der Waals surface area contributed by atoms with E-state index in [1.165, 1.54) is 25.7 Å². The van der Waals surface area contributed by atoms with Gasteiger partial charge in [0.2, 0.25) is 0 Å². The number of hydrogen-bond acceptors (Lipinski definition) is 2. The molecule has 23 heavy (non-hydrogen) atoms. The van der Waals surface area contributed by atoms with Gasteiger partial charge in [-0.1, -0.05) is 45.9 Å². The molecule has 0 aliphatic heterocycles. The minimum absolute atomic E-state index is 0.485. The highest BCUT2D eigenvalue weighted by Gasteiger charge is 2.19. The second-order valence-corrected chi connectivity index (χ2v) is 5.52. The molecule has 1 aliphatic rings. The third-order valence-electron chi connectivity index (χ3n) is 4.30. The van der Waals surface area contributed by atoms with Gasteiger partial charge in [0.1, 0.15) is 5.49 Å². The van der Waals surface area contributed by atoms with Crippen LogP contribution in [-0.2, 0) is 0 Å². The molecule has 1 fully saturated rings. The molecule has 2 rings (SSSR count). The van der Waals surface area contributed by atoms with Gasteiger partial charge in [0, 0.05) is 34.9 Å². The standard InChI is InChI=1S/C18H25N3.C2H6/c1-6-16-13(3)17(12-19-5)18(20-7-2)21(14(16)4)15-10-8-9-11-15;1-2/h6,12,15H,1,4-5,7-11H2,2-3H3;1-2H3/b17-12-,20-18?;. The Bertz CT molecular complexity index is 717. The zero-order valence-electron chi connectivity index (χ0n) is 15.2. The van der Waals surface area contributed by atoms with E-state index >= 15 is 0 Å². The van der Waals surface area contributed by atoms with Crippen LogP contribution in [0.15, 0.2) is 16.6 Å². The van der Waals surface area contributed by atoms with Gasteiger partial charge in [0.15, 0.2) is 0 Å². The topological polar surface area (TPSA) is 29.6 Å². The summed E-state index contributed by atoms with van der Waals surface area (Å²) in [6, 6.07) is 0.485. The van der Waals surface area contributed by atoms with Gasteiger partial charge in [0.25, 0.3) is 0 Å². The lowest BCUT2D eigenvalue weighted by molar-refractivity contribution is 0.480. The summed E-state index contributed by atoms with van der Waals surface area (Å²) in [4.78, 5) is 8.72. The van der Waals surface area contributed by atoms with Gasteiger partial charge < -0.3 is 4.57 Å². The summed E-state index contributed by atoms with van der Waals surface area (Å²) in [5.41, 5.74) is 3.21. The number of aromatic nitrogens is 1. The zero-order chi connectivity index (χ0) is 17.4. The van der Waals surface area contributed by atoms with Crippen molar-refractivity contribution >= 4 is 25.6 Å². The highest BCUT2D eigenvalue weighted by molar-refractivity contribution is 5.53. The fraction of sp³-hybridized carbons (Fsp3) is 0.500. The number of nitrogens with zero attached hydrogens (tertiary/aromatic N) is 3. The molecule has 0 N–H and O–H groups in total. The van der Waals surface area contributed by atoms with Crippen molar-refractivity contribution in [3.63, 3.8) is 0 Å². The number of hydrogen-bond donors (Lipinski definition) is 0. The quantitative estimate of drug-likeness (QED) is 0.763. The summed E-state index contributed by atoms with van der Waals surface area (Å²) < 4.78 is 2.30. The van der Waals surface area contributed by atoms with Gasteiger partial charge in [0.05, 0.1) is 0 Å². The molecular formula is C20H31N3. The first kappa shape index (κ1) is 19.1. The second kappa shape index (κ2) is 9.29. The largest absolute Gasteiger partial charge is 0.323 e. The molecule has 0 spiro atoms. The highest BCUT2D eigenvalue weighted by Crippen LogP contribution is 2.27. The van der Waals surface area contributed by atoms with Crippen molar-refractivity contribution in [3.8, 4) is 0 Å². The SMILES string of the molecule is C=Cc1c(C)/c(=C/N=C)c(=NCC)n(C2CCCC2)c1=C.CC. The van der Waals surface area contributed by atoms with Crippen LogP contribution in [0.3, 0.4) is 0 Å². The molecule has 0 amide bonds. The molecule has 0 radical (unpaired) electrons. The Kier molecular flexibility index (Phi) is 7.73. The summed E-state index contributed by atoms with van der Waals surface area (Å²) in [5, 5.41) is 2.06. The molecule has 1 aromatic rings. The lowest BCUT2D eigenvalue weighted by atomic mass is 10.1. The average molecular weight is 313 g/mol. The van der Waals surface area contributed by atoms with E-state index in [2.05, 4.69) is 43.3 Å². The second-order valence-electron chi connectivity index (χ2n) is 5.52. The van der Waals surface area contributed by atoms with E-state index < -0.39 is 0 Å². The first-order valence-electron chi connectivity index (χ1n) is 8.68. The molecule has 0 bridgehead atoms. The Balaban J connectivity index is 0.00000127. The van der Waals surface area contributed by atoms with E-state index in [1.54, 1.807) is 0 Å². The smallest absolute Gasteiger partial charge is 0.137 e. The molecule has 0 saturated heterocycles. The van der Waals surface area contributed by atoms with Crippen molar-refractivity contribution in [2.45, 2.75) is 59.4 Å². The third kappa shape index (κ3) is 3.90. The lowest BCUT2D eigenvalue weighted by Crippen LogP contribution is -2.47. The van der Waals surface area contributed by atoms with Crippen LogP contribution in [0.1, 0.15) is 63.6 Å². The minimum atomic E-state index is 0.485. The Morgan fingerprint density at radius 1 is 1.26 bits per heavy atom. The molecule has 1 heterocycles. The molecule has 3 nitrogen and oxygen atoms in total. The zero-order valence-corrected chi connectivity index (χ0v) is 15.2. The summed E-state index contributed by atoms with van der Waals surface area (Å²) in [7, 11) is 0. The maximum absolute atomic E-state index is 4.74. The maximum atomic E-state index is 4.74. The van der Waals surface area contributed by atoms with Gasteiger partial charge in [-0.2, -0.15) is 0 Å². The van der Waals surface area contributed by atoms with Gasteiger partial charge in [-0.15, -0.1) is 0 Å². The van der Waals surface area contributed by atoms with Crippen LogP contribution in [0.25, 0.3) is 18.9 Å². The van der Waals surface area contributed by atoms with Crippen molar-refractivity contribution in [1.82, 2.24) is 4.57 Å². The van der Waals surface area contributed by atoms with E-state index in [9.17, 15) is 0 Å². The van der Waals surface area contributed by atoms with Crippen LogP contribution < -0.4 is 16.1 Å². The van der Waals surface area contributed by atoms with Crippen LogP contribution in [0.5, 0.6) is 0 Å². The van der Waals surface area contributed by atoms with Crippen LogP contribution in [-0.4, -0.2) is 17.8 Å². The van der Waals surface area contributed by atoms with E-state index in [0.717, 1.165) is 33.7 Å². The molecule has 1 saturated carbocycles. The Labute approximate surface area is 140 Å². The van der Waals surface area contributed by atoms with E-state index in [4.69, 9.17) is 4.99 Å². The van der Waals surface area contributed by atoms with Crippen molar-refractivity contribution in [1.29, 1.82) is 0 Å². The van der Waals surface area contributed by atoms with Crippen molar-refractivity contribution in [2.75, 3.05) is 6.54 Å².